The summed E-state index contributed by atoms with van der Waals surface area (Å²) in [5.41, 5.74) is 2.88. The van der Waals surface area contributed by atoms with E-state index in [0.717, 1.165) is 17.1 Å². The third-order valence-corrected chi connectivity index (χ3v) is 2.97. The van der Waals surface area contributed by atoms with E-state index in [-0.39, 0.29) is 5.75 Å². The van der Waals surface area contributed by atoms with E-state index in [1.807, 2.05) is 19.1 Å². The molecule has 0 radical (unpaired) electrons. The van der Waals surface area contributed by atoms with Gasteiger partial charge in [-0.3, -0.25) is 0 Å². The van der Waals surface area contributed by atoms with Crippen molar-refractivity contribution in [1.82, 2.24) is 9.97 Å². The zero-order chi connectivity index (χ0) is 12.5. The molecule has 0 atom stereocenters. The maximum Gasteiger partial charge on any atom is 0.227 e. The van der Waals surface area contributed by atoms with Crippen LogP contribution in [-0.2, 0) is 0 Å². The molecule has 1 heterocycles. The molecule has 3 rings (SSSR count). The van der Waals surface area contributed by atoms with Gasteiger partial charge in [0.2, 0.25) is 5.95 Å². The Hall–Kier alpha value is -2.10. The van der Waals surface area contributed by atoms with Crippen LogP contribution < -0.4 is 5.32 Å². The fourth-order valence-corrected chi connectivity index (χ4v) is 1.95. The predicted octanol–water partition coefficient (Wildman–Crippen LogP) is 3.11. The lowest BCUT2D eigenvalue weighted by Gasteiger charge is -2.08. The van der Waals surface area contributed by atoms with Crippen molar-refractivity contribution in [2.45, 2.75) is 25.7 Å². The molecule has 2 N–H and O–H groups in total. The maximum absolute atomic E-state index is 9.42. The van der Waals surface area contributed by atoms with Gasteiger partial charge in [-0.2, -0.15) is 0 Å². The molecule has 0 unspecified atom stereocenters. The summed E-state index contributed by atoms with van der Waals surface area (Å²) in [6, 6.07) is 9.00. The number of hydrogen-bond acceptors (Lipinski definition) is 4. The highest BCUT2D eigenvalue weighted by molar-refractivity contribution is 5.55. The van der Waals surface area contributed by atoms with Crippen LogP contribution in [-0.4, -0.2) is 15.1 Å². The van der Waals surface area contributed by atoms with Crippen molar-refractivity contribution in [1.29, 1.82) is 0 Å². The third-order valence-electron chi connectivity index (χ3n) is 2.97. The number of rotatable bonds is 3. The lowest BCUT2D eigenvalue weighted by Crippen LogP contribution is -2.01. The molecular formula is C14H15N3O. The molecule has 1 fully saturated rings. The number of benzene rings is 1. The first-order chi connectivity index (χ1) is 8.70. The monoisotopic (exact) mass is 241 g/mol. The van der Waals surface area contributed by atoms with Crippen LogP contribution in [0.4, 0.5) is 11.6 Å². The number of aryl methyl sites for hydroxylation is 1. The quantitative estimate of drug-likeness (QED) is 0.866. The molecule has 0 saturated heterocycles. The molecule has 2 aromatic rings. The average Bonchev–Trinajstić information content (AvgIpc) is 3.11. The SMILES string of the molecule is Cc1cc(C2CC2)nc(Nc2cccc(O)c2)n1. The Morgan fingerprint density at radius 2 is 2.06 bits per heavy atom. The third kappa shape index (κ3) is 2.42. The standard InChI is InChI=1S/C14H15N3O/c1-9-7-13(10-5-6-10)17-14(15-9)16-11-3-2-4-12(18)8-11/h2-4,7-8,10,18H,5-6H2,1H3,(H,15,16,17). The molecule has 1 aliphatic rings. The molecule has 0 spiro atoms. The summed E-state index contributed by atoms with van der Waals surface area (Å²) in [4.78, 5) is 8.88. The van der Waals surface area contributed by atoms with Crippen LogP contribution in [0.1, 0.15) is 30.1 Å². The van der Waals surface area contributed by atoms with E-state index in [9.17, 15) is 5.11 Å². The number of hydrogen-bond donors (Lipinski definition) is 2. The van der Waals surface area contributed by atoms with Crippen molar-refractivity contribution < 1.29 is 5.11 Å². The average molecular weight is 241 g/mol. The smallest absolute Gasteiger partial charge is 0.227 e. The number of nitrogens with zero attached hydrogens (tertiary/aromatic N) is 2. The zero-order valence-electron chi connectivity index (χ0n) is 10.2. The van der Waals surface area contributed by atoms with Crippen molar-refractivity contribution in [2.75, 3.05) is 5.32 Å². The summed E-state index contributed by atoms with van der Waals surface area (Å²) >= 11 is 0. The second kappa shape index (κ2) is 4.29. The molecule has 0 bridgehead atoms. The normalized spacial score (nSPS) is 14.5. The first kappa shape index (κ1) is 11.0. The Morgan fingerprint density at radius 3 is 2.78 bits per heavy atom. The van der Waals surface area contributed by atoms with Crippen LogP contribution in [0.5, 0.6) is 5.75 Å². The van der Waals surface area contributed by atoms with E-state index in [1.165, 1.54) is 12.8 Å². The van der Waals surface area contributed by atoms with Gasteiger partial charge in [0.05, 0.1) is 0 Å². The van der Waals surface area contributed by atoms with Crippen molar-refractivity contribution in [3.8, 4) is 5.75 Å². The summed E-state index contributed by atoms with van der Waals surface area (Å²) in [7, 11) is 0. The van der Waals surface area contributed by atoms with Gasteiger partial charge in [0.15, 0.2) is 0 Å². The van der Waals surface area contributed by atoms with E-state index in [2.05, 4.69) is 15.3 Å². The van der Waals surface area contributed by atoms with Gasteiger partial charge in [-0.15, -0.1) is 0 Å². The summed E-state index contributed by atoms with van der Waals surface area (Å²) in [5, 5.41) is 12.5. The Morgan fingerprint density at radius 1 is 1.22 bits per heavy atom. The Balaban J connectivity index is 1.87. The number of anilines is 2. The summed E-state index contributed by atoms with van der Waals surface area (Å²) in [5.74, 6) is 1.44. The minimum atomic E-state index is 0.232. The van der Waals surface area contributed by atoms with Crippen LogP contribution in [0.3, 0.4) is 0 Å². The van der Waals surface area contributed by atoms with Gasteiger partial charge in [-0.1, -0.05) is 6.07 Å². The van der Waals surface area contributed by atoms with E-state index in [0.29, 0.717) is 11.9 Å². The Bertz CT molecular complexity index is 579. The summed E-state index contributed by atoms with van der Waals surface area (Å²) < 4.78 is 0. The highest BCUT2D eigenvalue weighted by Gasteiger charge is 2.25. The molecule has 4 heteroatoms. The second-order valence-corrected chi connectivity index (χ2v) is 4.71. The molecule has 1 aliphatic carbocycles. The first-order valence-corrected chi connectivity index (χ1v) is 6.12. The summed E-state index contributed by atoms with van der Waals surface area (Å²) in [6.45, 7) is 1.97. The van der Waals surface area contributed by atoms with Crippen molar-refractivity contribution in [3.63, 3.8) is 0 Å². The number of aromatic hydroxyl groups is 1. The number of aromatic nitrogens is 2. The van der Waals surface area contributed by atoms with E-state index in [4.69, 9.17) is 0 Å². The Kier molecular flexibility index (Phi) is 2.63. The van der Waals surface area contributed by atoms with Gasteiger partial charge in [0, 0.05) is 29.1 Å². The van der Waals surface area contributed by atoms with Crippen LogP contribution in [0.2, 0.25) is 0 Å². The second-order valence-electron chi connectivity index (χ2n) is 4.71. The number of nitrogens with one attached hydrogen (secondary N) is 1. The molecule has 0 amide bonds. The molecule has 92 valence electrons. The molecule has 1 aromatic carbocycles. The van der Waals surface area contributed by atoms with Crippen molar-refractivity contribution >= 4 is 11.6 Å². The molecule has 4 nitrogen and oxygen atoms in total. The fraction of sp³-hybridized carbons (Fsp3) is 0.286. The number of phenolic OH excluding ortho intramolecular Hbond substituents is 1. The van der Waals surface area contributed by atoms with Gasteiger partial charge in [0.1, 0.15) is 5.75 Å². The van der Waals surface area contributed by atoms with Crippen molar-refractivity contribution in [3.05, 3.63) is 41.7 Å². The van der Waals surface area contributed by atoms with Gasteiger partial charge >= 0.3 is 0 Å². The largest absolute Gasteiger partial charge is 0.508 e. The van der Waals surface area contributed by atoms with Crippen molar-refractivity contribution in [2.24, 2.45) is 0 Å². The maximum atomic E-state index is 9.42. The van der Waals surface area contributed by atoms with Gasteiger partial charge in [0.25, 0.3) is 0 Å². The summed E-state index contributed by atoms with van der Waals surface area (Å²) in [6.07, 6.45) is 2.45. The topological polar surface area (TPSA) is 58.0 Å². The zero-order valence-corrected chi connectivity index (χ0v) is 10.2. The predicted molar refractivity (Wildman–Crippen MR) is 70.1 cm³/mol. The molecule has 0 aliphatic heterocycles. The lowest BCUT2D eigenvalue weighted by molar-refractivity contribution is 0.475. The van der Waals surface area contributed by atoms with Crippen LogP contribution >= 0.6 is 0 Å². The minimum Gasteiger partial charge on any atom is -0.508 e. The highest BCUT2D eigenvalue weighted by Crippen LogP contribution is 2.39. The lowest BCUT2D eigenvalue weighted by atomic mass is 10.2. The van der Waals surface area contributed by atoms with E-state index in [1.54, 1.807) is 18.2 Å². The van der Waals surface area contributed by atoms with Gasteiger partial charge < -0.3 is 10.4 Å². The van der Waals surface area contributed by atoms with Gasteiger partial charge in [-0.25, -0.2) is 9.97 Å². The van der Waals surface area contributed by atoms with Crippen LogP contribution in [0.15, 0.2) is 30.3 Å². The Labute approximate surface area is 106 Å². The minimum absolute atomic E-state index is 0.232. The van der Waals surface area contributed by atoms with E-state index >= 15 is 0 Å². The highest BCUT2D eigenvalue weighted by atomic mass is 16.3. The molecule has 18 heavy (non-hydrogen) atoms. The molecular weight excluding hydrogens is 226 g/mol. The molecule has 1 saturated carbocycles. The van der Waals surface area contributed by atoms with Crippen LogP contribution in [0, 0.1) is 6.92 Å². The van der Waals surface area contributed by atoms with Crippen LogP contribution in [0.25, 0.3) is 0 Å². The number of phenols is 1. The first-order valence-electron chi connectivity index (χ1n) is 6.12. The van der Waals surface area contributed by atoms with E-state index < -0.39 is 0 Å². The van der Waals surface area contributed by atoms with Gasteiger partial charge in [-0.05, 0) is 38.0 Å². The fourth-order valence-electron chi connectivity index (χ4n) is 1.95. The molecule has 1 aromatic heterocycles.